The molecule has 0 saturated carbocycles. The van der Waals surface area contributed by atoms with Crippen LogP contribution in [0.2, 0.25) is 0 Å². The van der Waals surface area contributed by atoms with Gasteiger partial charge in [0.05, 0.1) is 0 Å². The number of hydrogen-bond acceptors (Lipinski definition) is 0. The largest absolute Gasteiger partial charge is 0.127 e. The molecule has 0 aromatic heterocycles. The van der Waals surface area contributed by atoms with E-state index in [-0.39, 0.29) is 0 Å². The highest BCUT2D eigenvalue weighted by molar-refractivity contribution is 6.17. The average Bonchev–Trinajstić information content (AvgIpc) is 2.11. The summed E-state index contributed by atoms with van der Waals surface area (Å²) in [4.78, 5) is 0. The van der Waals surface area contributed by atoms with E-state index in [1.807, 2.05) is 0 Å². The lowest BCUT2D eigenvalue weighted by Gasteiger charge is -2.05. The number of benzene rings is 1. The van der Waals surface area contributed by atoms with Gasteiger partial charge in [-0.1, -0.05) is 23.8 Å². The molecule has 0 N–H and O–H groups in total. The van der Waals surface area contributed by atoms with Crippen molar-refractivity contribution in [3.8, 4) is 0 Å². The van der Waals surface area contributed by atoms with Gasteiger partial charge in [-0.25, -0.2) is 0 Å². The molecule has 0 fully saturated rings. The molecule has 1 aromatic carbocycles. The van der Waals surface area contributed by atoms with E-state index in [0.29, 0.717) is 0 Å². The van der Waals surface area contributed by atoms with Gasteiger partial charge >= 0.3 is 0 Å². The van der Waals surface area contributed by atoms with Crippen LogP contribution in [0.5, 0.6) is 0 Å². The Morgan fingerprint density at radius 3 is 2.62 bits per heavy atom. The van der Waals surface area contributed by atoms with Crippen LogP contribution in [0.3, 0.4) is 0 Å². The van der Waals surface area contributed by atoms with Crippen molar-refractivity contribution in [1.29, 1.82) is 0 Å². The van der Waals surface area contributed by atoms with Gasteiger partial charge < -0.3 is 0 Å². The number of hydrogen-bond donors (Lipinski definition) is 0. The Labute approximate surface area is 85.9 Å². The minimum Gasteiger partial charge on any atom is -0.127 e. The lowest BCUT2D eigenvalue weighted by atomic mass is 10.0. The monoisotopic (exact) mass is 196 g/mol. The molecule has 0 aliphatic heterocycles. The van der Waals surface area contributed by atoms with Gasteiger partial charge in [-0.2, -0.15) is 0 Å². The summed E-state index contributed by atoms with van der Waals surface area (Å²) in [5, 5.41) is 0. The summed E-state index contributed by atoms with van der Waals surface area (Å²) in [5.41, 5.74) is 4.23. The van der Waals surface area contributed by atoms with Crippen LogP contribution in [-0.4, -0.2) is 5.88 Å². The molecule has 0 heterocycles. The lowest BCUT2D eigenvalue weighted by molar-refractivity contribution is 0.795. The van der Waals surface area contributed by atoms with Crippen molar-refractivity contribution in [3.05, 3.63) is 34.9 Å². The summed E-state index contributed by atoms with van der Waals surface area (Å²) >= 11 is 5.64. The molecule has 0 amide bonds. The van der Waals surface area contributed by atoms with Gasteiger partial charge in [0.1, 0.15) is 0 Å². The molecule has 72 valence electrons. The number of halogens is 1. The highest BCUT2D eigenvalue weighted by Crippen LogP contribution is 2.13. The molecule has 0 aliphatic carbocycles. The Morgan fingerprint density at radius 1 is 1.15 bits per heavy atom. The predicted octanol–water partition coefficient (Wildman–Crippen LogP) is 3.86. The highest BCUT2D eigenvalue weighted by atomic mass is 35.5. The van der Waals surface area contributed by atoms with Gasteiger partial charge in [0, 0.05) is 5.88 Å². The highest BCUT2D eigenvalue weighted by Gasteiger charge is 1.97. The molecule has 0 bridgehead atoms. The van der Waals surface area contributed by atoms with Crippen molar-refractivity contribution < 1.29 is 0 Å². The molecule has 1 aromatic rings. The summed E-state index contributed by atoms with van der Waals surface area (Å²) in [7, 11) is 0. The van der Waals surface area contributed by atoms with Crippen molar-refractivity contribution in [3.63, 3.8) is 0 Å². The first-order valence-electron chi connectivity index (χ1n) is 4.86. The smallest absolute Gasteiger partial charge is 0.0223 e. The molecule has 0 saturated heterocycles. The summed E-state index contributed by atoms with van der Waals surface area (Å²) in [6.07, 6.45) is 3.49. The van der Waals surface area contributed by atoms with Gasteiger partial charge in [-0.15, -0.1) is 11.6 Å². The third-order valence-electron chi connectivity index (χ3n) is 2.33. The van der Waals surface area contributed by atoms with Gasteiger partial charge in [0.15, 0.2) is 0 Å². The summed E-state index contributed by atoms with van der Waals surface area (Å²) in [6, 6.07) is 6.65. The molecule has 0 unspecified atom stereocenters. The standard InChI is InChI=1S/C12H17Cl/c1-10-6-7-11(2)12(9-10)5-3-4-8-13/h6-7,9H,3-5,8H2,1-2H3. The van der Waals surface area contributed by atoms with Crippen LogP contribution in [0.15, 0.2) is 18.2 Å². The second-order valence-electron chi connectivity index (χ2n) is 3.58. The van der Waals surface area contributed by atoms with Crippen molar-refractivity contribution in [1.82, 2.24) is 0 Å². The maximum atomic E-state index is 5.64. The van der Waals surface area contributed by atoms with E-state index >= 15 is 0 Å². The summed E-state index contributed by atoms with van der Waals surface area (Å²) < 4.78 is 0. The second kappa shape index (κ2) is 5.29. The zero-order valence-corrected chi connectivity index (χ0v) is 9.19. The normalized spacial score (nSPS) is 10.4. The zero-order valence-electron chi connectivity index (χ0n) is 8.44. The molecule has 0 nitrogen and oxygen atoms in total. The fraction of sp³-hybridized carbons (Fsp3) is 0.500. The van der Waals surface area contributed by atoms with Crippen molar-refractivity contribution >= 4 is 11.6 Å². The molecule has 0 aliphatic rings. The first-order chi connectivity index (χ1) is 6.24. The van der Waals surface area contributed by atoms with Gasteiger partial charge in [0.25, 0.3) is 0 Å². The molecule has 0 radical (unpaired) electrons. The van der Waals surface area contributed by atoms with E-state index in [9.17, 15) is 0 Å². The fourth-order valence-electron chi connectivity index (χ4n) is 1.48. The third-order valence-corrected chi connectivity index (χ3v) is 2.60. The second-order valence-corrected chi connectivity index (χ2v) is 3.95. The van der Waals surface area contributed by atoms with Crippen LogP contribution in [0.25, 0.3) is 0 Å². The van der Waals surface area contributed by atoms with E-state index in [1.54, 1.807) is 0 Å². The van der Waals surface area contributed by atoms with Crippen LogP contribution in [0.4, 0.5) is 0 Å². The Hall–Kier alpha value is -0.490. The van der Waals surface area contributed by atoms with Crippen LogP contribution in [-0.2, 0) is 6.42 Å². The predicted molar refractivity (Wildman–Crippen MR) is 59.6 cm³/mol. The SMILES string of the molecule is Cc1ccc(C)c(CCCCCl)c1. The molecule has 1 rings (SSSR count). The van der Waals surface area contributed by atoms with Crippen LogP contribution in [0.1, 0.15) is 29.5 Å². The van der Waals surface area contributed by atoms with Gasteiger partial charge in [-0.3, -0.25) is 0 Å². The molecule has 13 heavy (non-hydrogen) atoms. The van der Waals surface area contributed by atoms with Crippen LogP contribution < -0.4 is 0 Å². The van der Waals surface area contributed by atoms with E-state index in [0.717, 1.165) is 12.3 Å². The molecule has 1 heteroatoms. The molecular weight excluding hydrogens is 180 g/mol. The zero-order chi connectivity index (χ0) is 9.68. The topological polar surface area (TPSA) is 0 Å². The maximum absolute atomic E-state index is 5.64. The minimum atomic E-state index is 0.783. The first-order valence-corrected chi connectivity index (χ1v) is 5.39. The lowest BCUT2D eigenvalue weighted by Crippen LogP contribution is -1.91. The maximum Gasteiger partial charge on any atom is 0.0223 e. The van der Waals surface area contributed by atoms with Crippen molar-refractivity contribution in [2.75, 3.05) is 5.88 Å². The van der Waals surface area contributed by atoms with E-state index < -0.39 is 0 Å². The van der Waals surface area contributed by atoms with E-state index in [4.69, 9.17) is 11.6 Å². The van der Waals surface area contributed by atoms with Crippen molar-refractivity contribution in [2.24, 2.45) is 0 Å². The molecule has 0 spiro atoms. The third kappa shape index (κ3) is 3.40. The quantitative estimate of drug-likeness (QED) is 0.507. The van der Waals surface area contributed by atoms with E-state index in [1.165, 1.54) is 29.5 Å². The minimum absolute atomic E-state index is 0.783. The number of alkyl halides is 1. The molecule has 0 atom stereocenters. The van der Waals surface area contributed by atoms with Crippen LogP contribution >= 0.6 is 11.6 Å². The molecular formula is C12H17Cl. The number of unbranched alkanes of at least 4 members (excludes halogenated alkanes) is 1. The first kappa shape index (κ1) is 10.6. The Kier molecular flexibility index (Phi) is 4.31. The Bertz CT molecular complexity index is 266. The summed E-state index contributed by atoms with van der Waals surface area (Å²) in [6.45, 7) is 4.32. The summed E-state index contributed by atoms with van der Waals surface area (Å²) in [5.74, 6) is 0.783. The number of aryl methyl sites for hydroxylation is 3. The van der Waals surface area contributed by atoms with Gasteiger partial charge in [0.2, 0.25) is 0 Å². The average molecular weight is 197 g/mol. The Morgan fingerprint density at radius 2 is 1.92 bits per heavy atom. The van der Waals surface area contributed by atoms with E-state index in [2.05, 4.69) is 32.0 Å². The van der Waals surface area contributed by atoms with Gasteiger partial charge in [-0.05, 0) is 44.2 Å². The Balaban J connectivity index is 2.59. The number of rotatable bonds is 4. The fourth-order valence-corrected chi connectivity index (χ4v) is 1.67. The van der Waals surface area contributed by atoms with Crippen LogP contribution in [0, 0.1) is 13.8 Å². The van der Waals surface area contributed by atoms with Crippen molar-refractivity contribution in [2.45, 2.75) is 33.1 Å².